The number of ether oxygens (including phenoxy) is 2. The van der Waals surface area contributed by atoms with Crippen LogP contribution in [0.3, 0.4) is 0 Å². The van der Waals surface area contributed by atoms with E-state index in [1.807, 2.05) is 71.6 Å². The number of fused-ring (bicyclic) bond motifs is 1. The molecule has 2 amide bonds. The molecule has 6 nitrogen and oxygen atoms in total. The molecule has 0 spiro atoms. The second-order valence-corrected chi connectivity index (χ2v) is 8.32. The lowest BCUT2D eigenvalue weighted by molar-refractivity contribution is -0.137. The van der Waals surface area contributed by atoms with Gasteiger partial charge in [0.2, 0.25) is 0 Å². The number of para-hydroxylation sites is 3. The third-order valence-electron chi connectivity index (χ3n) is 6.42. The molecule has 0 aliphatic carbocycles. The van der Waals surface area contributed by atoms with Gasteiger partial charge >= 0.3 is 0 Å². The molecule has 3 aromatic rings. The molecule has 5 rings (SSSR count). The van der Waals surface area contributed by atoms with Crippen molar-refractivity contribution in [2.24, 2.45) is 0 Å². The standard InChI is InChI=1S/C28H26N2O4/c1-33-23-15-7-4-11-20(23)18-30-27(31)25(21-13-5-8-16-24(21)34-2)26(28(30)32)29-17-9-12-19-10-3-6-14-22(19)29/h3-8,10-11,13-16H,9,12,17-18H2,1-2H3. The largest absolute Gasteiger partial charge is 0.496 e. The average molecular weight is 455 g/mol. The van der Waals surface area contributed by atoms with Crippen LogP contribution in [0, 0.1) is 0 Å². The van der Waals surface area contributed by atoms with E-state index in [2.05, 4.69) is 6.07 Å². The van der Waals surface area contributed by atoms with Crippen LogP contribution in [0.25, 0.3) is 5.57 Å². The molecule has 6 heteroatoms. The van der Waals surface area contributed by atoms with Gasteiger partial charge in [0.05, 0.1) is 26.3 Å². The van der Waals surface area contributed by atoms with Gasteiger partial charge in [-0.25, -0.2) is 0 Å². The Balaban J connectivity index is 1.66. The van der Waals surface area contributed by atoms with E-state index in [0.29, 0.717) is 34.9 Å². The first-order chi connectivity index (χ1) is 16.6. The molecule has 0 saturated heterocycles. The number of hydrogen-bond donors (Lipinski definition) is 0. The minimum atomic E-state index is -0.335. The van der Waals surface area contributed by atoms with Crippen molar-refractivity contribution in [1.29, 1.82) is 0 Å². The van der Waals surface area contributed by atoms with Gasteiger partial charge in [0, 0.05) is 23.4 Å². The van der Waals surface area contributed by atoms with Crippen molar-refractivity contribution in [2.75, 3.05) is 25.7 Å². The lowest BCUT2D eigenvalue weighted by Crippen LogP contribution is -2.36. The maximum Gasteiger partial charge on any atom is 0.278 e. The summed E-state index contributed by atoms with van der Waals surface area (Å²) in [6.07, 6.45) is 1.84. The highest BCUT2D eigenvalue weighted by Gasteiger charge is 2.43. The molecule has 0 N–H and O–H groups in total. The van der Waals surface area contributed by atoms with Gasteiger partial charge in [-0.05, 0) is 36.6 Å². The number of benzene rings is 3. The molecule has 0 aromatic heterocycles. The molecule has 34 heavy (non-hydrogen) atoms. The molecule has 0 unspecified atom stereocenters. The monoisotopic (exact) mass is 454 g/mol. The van der Waals surface area contributed by atoms with Gasteiger partial charge in [-0.1, -0.05) is 54.6 Å². The van der Waals surface area contributed by atoms with Crippen LogP contribution in [-0.2, 0) is 22.6 Å². The Morgan fingerprint density at radius 3 is 2.26 bits per heavy atom. The first-order valence-corrected chi connectivity index (χ1v) is 11.3. The van der Waals surface area contributed by atoms with Crippen molar-refractivity contribution in [3.8, 4) is 11.5 Å². The van der Waals surface area contributed by atoms with Crippen LogP contribution >= 0.6 is 0 Å². The maximum atomic E-state index is 13.9. The third kappa shape index (κ3) is 3.61. The first-order valence-electron chi connectivity index (χ1n) is 11.3. The van der Waals surface area contributed by atoms with Crippen molar-refractivity contribution in [3.05, 3.63) is 95.2 Å². The summed E-state index contributed by atoms with van der Waals surface area (Å²) >= 11 is 0. The van der Waals surface area contributed by atoms with Crippen LogP contribution in [0.2, 0.25) is 0 Å². The van der Waals surface area contributed by atoms with Crippen LogP contribution in [0.4, 0.5) is 5.69 Å². The van der Waals surface area contributed by atoms with E-state index in [-0.39, 0.29) is 18.4 Å². The smallest absolute Gasteiger partial charge is 0.278 e. The molecule has 2 aliphatic heterocycles. The quantitative estimate of drug-likeness (QED) is 0.516. The van der Waals surface area contributed by atoms with E-state index in [0.717, 1.165) is 24.1 Å². The zero-order valence-electron chi connectivity index (χ0n) is 19.3. The fourth-order valence-corrected chi connectivity index (χ4v) is 4.82. The highest BCUT2D eigenvalue weighted by molar-refractivity contribution is 6.37. The summed E-state index contributed by atoms with van der Waals surface area (Å²) in [6.45, 7) is 0.784. The van der Waals surface area contributed by atoms with E-state index >= 15 is 0 Å². The van der Waals surface area contributed by atoms with Crippen molar-refractivity contribution >= 4 is 23.1 Å². The van der Waals surface area contributed by atoms with Gasteiger partial charge in [-0.15, -0.1) is 0 Å². The van der Waals surface area contributed by atoms with Gasteiger partial charge in [0.1, 0.15) is 17.2 Å². The predicted octanol–water partition coefficient (Wildman–Crippen LogP) is 4.44. The minimum Gasteiger partial charge on any atom is -0.496 e. The number of aryl methyl sites for hydroxylation is 1. The zero-order valence-corrected chi connectivity index (χ0v) is 19.3. The van der Waals surface area contributed by atoms with Gasteiger partial charge in [-0.3, -0.25) is 14.5 Å². The Morgan fingerprint density at radius 2 is 1.47 bits per heavy atom. The number of methoxy groups -OCH3 is 2. The normalized spacial score (nSPS) is 15.6. The van der Waals surface area contributed by atoms with E-state index < -0.39 is 0 Å². The molecule has 0 atom stereocenters. The summed E-state index contributed by atoms with van der Waals surface area (Å²) in [4.78, 5) is 31.1. The average Bonchev–Trinajstić information content (AvgIpc) is 3.13. The Kier molecular flexibility index (Phi) is 5.80. The van der Waals surface area contributed by atoms with E-state index in [1.54, 1.807) is 14.2 Å². The first kappa shape index (κ1) is 21.8. The lowest BCUT2D eigenvalue weighted by Gasteiger charge is -2.32. The Hall–Kier alpha value is -4.06. The zero-order chi connectivity index (χ0) is 23.7. The molecule has 0 saturated carbocycles. The van der Waals surface area contributed by atoms with E-state index in [9.17, 15) is 9.59 Å². The summed E-state index contributed by atoms with van der Waals surface area (Å²) in [6, 6.07) is 22.9. The highest BCUT2D eigenvalue weighted by Crippen LogP contribution is 2.41. The Labute approximate surface area is 199 Å². The highest BCUT2D eigenvalue weighted by atomic mass is 16.5. The SMILES string of the molecule is COc1ccccc1CN1C(=O)C(c2ccccc2OC)=C(N2CCCc3ccccc32)C1=O. The molecular weight excluding hydrogens is 428 g/mol. The molecule has 0 bridgehead atoms. The van der Waals surface area contributed by atoms with Gasteiger partial charge < -0.3 is 14.4 Å². The van der Waals surface area contributed by atoms with Crippen molar-refractivity contribution in [2.45, 2.75) is 19.4 Å². The summed E-state index contributed by atoms with van der Waals surface area (Å²) in [7, 11) is 3.16. The molecule has 3 aromatic carbocycles. The number of anilines is 1. The second kappa shape index (κ2) is 9.06. The van der Waals surface area contributed by atoms with Gasteiger partial charge in [0.25, 0.3) is 11.8 Å². The van der Waals surface area contributed by atoms with Gasteiger partial charge in [-0.2, -0.15) is 0 Å². The lowest BCUT2D eigenvalue weighted by atomic mass is 9.98. The molecule has 2 heterocycles. The van der Waals surface area contributed by atoms with Gasteiger partial charge in [0.15, 0.2) is 0 Å². The molecule has 172 valence electrons. The third-order valence-corrected chi connectivity index (χ3v) is 6.42. The van der Waals surface area contributed by atoms with E-state index in [4.69, 9.17) is 9.47 Å². The number of rotatable bonds is 6. The minimum absolute atomic E-state index is 0.124. The van der Waals surface area contributed by atoms with Crippen LogP contribution in [-0.4, -0.2) is 37.5 Å². The van der Waals surface area contributed by atoms with Crippen LogP contribution in [0.5, 0.6) is 11.5 Å². The fraction of sp³-hybridized carbons (Fsp3) is 0.214. The summed E-state index contributed by atoms with van der Waals surface area (Å²) in [5, 5.41) is 0. The summed E-state index contributed by atoms with van der Waals surface area (Å²) in [5.41, 5.74) is 4.29. The number of carbonyl (C=O) groups is 2. The number of hydrogen-bond acceptors (Lipinski definition) is 5. The van der Waals surface area contributed by atoms with Crippen LogP contribution < -0.4 is 14.4 Å². The van der Waals surface area contributed by atoms with Crippen molar-refractivity contribution in [1.82, 2.24) is 4.90 Å². The summed E-state index contributed by atoms with van der Waals surface area (Å²) < 4.78 is 11.1. The Bertz CT molecular complexity index is 1300. The molecule has 2 aliphatic rings. The van der Waals surface area contributed by atoms with Crippen LogP contribution in [0.15, 0.2) is 78.5 Å². The number of imide groups is 1. The molecular formula is C28H26N2O4. The fourth-order valence-electron chi connectivity index (χ4n) is 4.82. The predicted molar refractivity (Wildman–Crippen MR) is 131 cm³/mol. The van der Waals surface area contributed by atoms with Crippen LogP contribution in [0.1, 0.15) is 23.1 Å². The maximum absolute atomic E-state index is 13.9. The number of amides is 2. The summed E-state index contributed by atoms with van der Waals surface area (Å²) in [5.74, 6) is 0.547. The number of carbonyl (C=O) groups excluding carboxylic acids is 2. The Morgan fingerprint density at radius 1 is 0.794 bits per heavy atom. The van der Waals surface area contributed by atoms with E-state index in [1.165, 1.54) is 10.5 Å². The molecule has 0 fully saturated rings. The van der Waals surface area contributed by atoms with Crippen molar-refractivity contribution < 1.29 is 19.1 Å². The van der Waals surface area contributed by atoms with Crippen molar-refractivity contribution in [3.63, 3.8) is 0 Å². The number of nitrogens with zero attached hydrogens (tertiary/aromatic N) is 2. The topological polar surface area (TPSA) is 59.1 Å². The molecule has 0 radical (unpaired) electrons. The second-order valence-electron chi connectivity index (χ2n) is 8.32.